The molecular formula is C13H19N5. The van der Waals surface area contributed by atoms with E-state index in [9.17, 15) is 0 Å². The first-order valence-electron chi connectivity index (χ1n) is 6.66. The van der Waals surface area contributed by atoms with Gasteiger partial charge < -0.3 is 4.90 Å². The summed E-state index contributed by atoms with van der Waals surface area (Å²) in [4.78, 5) is 11.0. The van der Waals surface area contributed by atoms with Crippen molar-refractivity contribution in [1.29, 1.82) is 0 Å². The summed E-state index contributed by atoms with van der Waals surface area (Å²) in [5.74, 6) is 2.65. The number of nitrogens with zero attached hydrogens (tertiary/aromatic N) is 5. The normalized spacial score (nSPS) is 21.2. The third kappa shape index (κ3) is 2.05. The van der Waals surface area contributed by atoms with Crippen molar-refractivity contribution in [3.63, 3.8) is 0 Å². The maximum absolute atomic E-state index is 4.39. The molecule has 1 atom stereocenters. The van der Waals surface area contributed by atoms with Crippen LogP contribution in [0.3, 0.4) is 0 Å². The quantitative estimate of drug-likeness (QED) is 0.771. The summed E-state index contributed by atoms with van der Waals surface area (Å²) in [6.07, 6.45) is 5.39. The number of aromatic nitrogens is 4. The number of rotatable bonds is 1. The molecule has 0 saturated carbocycles. The van der Waals surface area contributed by atoms with E-state index < -0.39 is 0 Å². The molecule has 5 nitrogen and oxygen atoms in total. The summed E-state index contributed by atoms with van der Waals surface area (Å²) in [7, 11) is 0. The summed E-state index contributed by atoms with van der Waals surface area (Å²) in [5, 5.41) is 4.29. The highest BCUT2D eigenvalue weighted by atomic mass is 15.4. The van der Waals surface area contributed by atoms with Gasteiger partial charge in [0.15, 0.2) is 0 Å². The monoisotopic (exact) mass is 245 g/mol. The van der Waals surface area contributed by atoms with Crippen LogP contribution in [0.1, 0.15) is 31.9 Å². The van der Waals surface area contributed by atoms with Gasteiger partial charge in [0.2, 0.25) is 0 Å². The van der Waals surface area contributed by atoms with Crippen LogP contribution in [0, 0.1) is 12.8 Å². The molecular weight excluding hydrogens is 226 g/mol. The largest absolute Gasteiger partial charge is 0.356 e. The lowest BCUT2D eigenvalue weighted by atomic mass is 10.0. The smallest absolute Gasteiger partial charge is 0.254 e. The SMILES string of the molecule is Cc1cc(N2CCC[C@H](C)CC2)n2ncnc2n1. The summed E-state index contributed by atoms with van der Waals surface area (Å²) < 4.78 is 1.85. The average molecular weight is 245 g/mol. The van der Waals surface area contributed by atoms with Gasteiger partial charge in [0.1, 0.15) is 12.1 Å². The van der Waals surface area contributed by atoms with Crippen molar-refractivity contribution in [3.05, 3.63) is 18.1 Å². The van der Waals surface area contributed by atoms with Gasteiger partial charge in [0.25, 0.3) is 5.78 Å². The van der Waals surface area contributed by atoms with Crippen molar-refractivity contribution in [2.24, 2.45) is 5.92 Å². The summed E-state index contributed by atoms with van der Waals surface area (Å²) >= 11 is 0. The molecule has 96 valence electrons. The van der Waals surface area contributed by atoms with Gasteiger partial charge in [-0.3, -0.25) is 0 Å². The minimum atomic E-state index is 0.697. The van der Waals surface area contributed by atoms with Crippen LogP contribution in [0.2, 0.25) is 0 Å². The number of aryl methyl sites for hydroxylation is 1. The molecule has 0 amide bonds. The first-order chi connectivity index (χ1) is 8.74. The van der Waals surface area contributed by atoms with Gasteiger partial charge in [-0.15, -0.1) is 0 Å². The predicted octanol–water partition coefficient (Wildman–Crippen LogP) is 2.06. The van der Waals surface area contributed by atoms with Crippen molar-refractivity contribution in [3.8, 4) is 0 Å². The van der Waals surface area contributed by atoms with Crippen molar-refractivity contribution in [1.82, 2.24) is 19.6 Å². The van der Waals surface area contributed by atoms with Gasteiger partial charge in [-0.25, -0.2) is 4.98 Å². The van der Waals surface area contributed by atoms with E-state index in [4.69, 9.17) is 0 Å². The fraction of sp³-hybridized carbons (Fsp3) is 0.615. The third-order valence-corrected chi connectivity index (χ3v) is 3.70. The lowest BCUT2D eigenvalue weighted by molar-refractivity contribution is 0.521. The second-order valence-electron chi connectivity index (χ2n) is 5.25. The Labute approximate surface area is 107 Å². The molecule has 0 unspecified atom stereocenters. The molecule has 2 aromatic heterocycles. The fourth-order valence-corrected chi connectivity index (χ4v) is 2.63. The van der Waals surface area contributed by atoms with Gasteiger partial charge >= 0.3 is 0 Å². The van der Waals surface area contributed by atoms with E-state index >= 15 is 0 Å². The Morgan fingerprint density at radius 1 is 1.28 bits per heavy atom. The Balaban J connectivity index is 1.99. The van der Waals surface area contributed by atoms with E-state index in [1.54, 1.807) is 6.33 Å². The Bertz CT molecular complexity index is 547. The van der Waals surface area contributed by atoms with Crippen LogP contribution in [0.25, 0.3) is 5.78 Å². The fourth-order valence-electron chi connectivity index (χ4n) is 2.63. The van der Waals surface area contributed by atoms with Crippen LogP contribution in [0.5, 0.6) is 0 Å². The zero-order chi connectivity index (χ0) is 12.5. The molecule has 3 rings (SSSR count). The van der Waals surface area contributed by atoms with Crippen LogP contribution >= 0.6 is 0 Å². The molecule has 0 aromatic carbocycles. The van der Waals surface area contributed by atoms with E-state index in [0.29, 0.717) is 5.78 Å². The Hall–Kier alpha value is -1.65. The topological polar surface area (TPSA) is 46.3 Å². The number of hydrogen-bond donors (Lipinski definition) is 0. The van der Waals surface area contributed by atoms with E-state index in [0.717, 1.165) is 30.5 Å². The Morgan fingerprint density at radius 3 is 3.06 bits per heavy atom. The van der Waals surface area contributed by atoms with Crippen molar-refractivity contribution >= 4 is 11.6 Å². The first-order valence-corrected chi connectivity index (χ1v) is 6.66. The molecule has 1 aliphatic heterocycles. The van der Waals surface area contributed by atoms with Gasteiger partial charge in [0, 0.05) is 24.8 Å². The zero-order valence-corrected chi connectivity index (χ0v) is 11.0. The molecule has 0 spiro atoms. The van der Waals surface area contributed by atoms with E-state index in [2.05, 4.69) is 33.0 Å². The lowest BCUT2D eigenvalue weighted by Crippen LogP contribution is -2.27. The minimum Gasteiger partial charge on any atom is -0.356 e. The van der Waals surface area contributed by atoms with Crippen molar-refractivity contribution < 1.29 is 0 Å². The molecule has 3 heterocycles. The van der Waals surface area contributed by atoms with Crippen LogP contribution in [-0.2, 0) is 0 Å². The lowest BCUT2D eigenvalue weighted by Gasteiger charge is -2.23. The molecule has 0 N–H and O–H groups in total. The van der Waals surface area contributed by atoms with E-state index in [-0.39, 0.29) is 0 Å². The second kappa shape index (κ2) is 4.55. The zero-order valence-electron chi connectivity index (χ0n) is 11.0. The maximum atomic E-state index is 4.39. The van der Waals surface area contributed by atoms with Crippen LogP contribution in [-0.4, -0.2) is 32.7 Å². The van der Waals surface area contributed by atoms with Crippen LogP contribution in [0.4, 0.5) is 5.82 Å². The van der Waals surface area contributed by atoms with Gasteiger partial charge in [-0.2, -0.15) is 14.6 Å². The van der Waals surface area contributed by atoms with Crippen LogP contribution in [0.15, 0.2) is 12.4 Å². The second-order valence-corrected chi connectivity index (χ2v) is 5.25. The molecule has 18 heavy (non-hydrogen) atoms. The van der Waals surface area contributed by atoms with E-state index in [1.807, 2.05) is 11.4 Å². The average Bonchev–Trinajstić information content (AvgIpc) is 2.70. The molecule has 0 bridgehead atoms. The Kier molecular flexibility index (Phi) is 2.89. The molecule has 0 aliphatic carbocycles. The number of fused-ring (bicyclic) bond motifs is 1. The number of hydrogen-bond acceptors (Lipinski definition) is 4. The predicted molar refractivity (Wildman–Crippen MR) is 70.7 cm³/mol. The summed E-state index contributed by atoms with van der Waals surface area (Å²) in [5.41, 5.74) is 1.00. The van der Waals surface area contributed by atoms with Crippen molar-refractivity contribution in [2.75, 3.05) is 18.0 Å². The highest BCUT2D eigenvalue weighted by Crippen LogP contribution is 2.22. The van der Waals surface area contributed by atoms with Gasteiger partial charge in [-0.05, 0) is 32.1 Å². The highest BCUT2D eigenvalue weighted by Gasteiger charge is 2.17. The maximum Gasteiger partial charge on any atom is 0.254 e. The molecule has 2 aromatic rings. The molecule has 1 fully saturated rings. The molecule has 1 aliphatic rings. The first kappa shape index (κ1) is 11.4. The van der Waals surface area contributed by atoms with Crippen molar-refractivity contribution in [2.45, 2.75) is 33.1 Å². The minimum absolute atomic E-state index is 0.697. The van der Waals surface area contributed by atoms with Gasteiger partial charge in [0.05, 0.1) is 0 Å². The molecule has 5 heteroatoms. The molecule has 0 radical (unpaired) electrons. The standard InChI is InChI=1S/C13H19N5/c1-10-4-3-6-17(7-5-10)12-8-11(2)16-13-14-9-15-18(12)13/h8-10H,3-7H2,1-2H3/t10-/m0/s1. The van der Waals surface area contributed by atoms with Gasteiger partial charge in [-0.1, -0.05) is 6.92 Å². The summed E-state index contributed by atoms with van der Waals surface area (Å²) in [6, 6.07) is 2.11. The molecule has 1 saturated heterocycles. The third-order valence-electron chi connectivity index (χ3n) is 3.70. The van der Waals surface area contributed by atoms with E-state index in [1.165, 1.54) is 19.3 Å². The summed E-state index contributed by atoms with van der Waals surface area (Å²) in [6.45, 7) is 6.55. The number of anilines is 1. The Morgan fingerprint density at radius 2 is 2.17 bits per heavy atom. The van der Waals surface area contributed by atoms with Crippen LogP contribution < -0.4 is 4.90 Å². The highest BCUT2D eigenvalue weighted by molar-refractivity contribution is 5.47.